The molecule has 1 rings (SSSR count). The van der Waals surface area contributed by atoms with E-state index in [-0.39, 0.29) is 5.41 Å². The Hall–Kier alpha value is -0.820. The van der Waals surface area contributed by atoms with E-state index in [1.165, 1.54) is 28.7 Å². The summed E-state index contributed by atoms with van der Waals surface area (Å²) in [6.45, 7) is 16.9. The molecule has 1 N–H and O–H groups in total. The van der Waals surface area contributed by atoms with Crippen LogP contribution in [-0.4, -0.2) is 6.54 Å². The van der Waals surface area contributed by atoms with Gasteiger partial charge in [-0.3, -0.25) is 0 Å². The molecule has 0 saturated carbocycles. The Balaban J connectivity index is 3.16. The third-order valence-electron chi connectivity index (χ3n) is 3.66. The lowest BCUT2D eigenvalue weighted by Gasteiger charge is -2.33. The van der Waals surface area contributed by atoms with Gasteiger partial charge in [-0.05, 0) is 61.4 Å². The summed E-state index contributed by atoms with van der Waals surface area (Å²) in [5.41, 5.74) is 5.88. The number of rotatable bonds is 4. The summed E-state index contributed by atoms with van der Waals surface area (Å²) in [4.78, 5) is 0. The minimum Gasteiger partial charge on any atom is -0.309 e. The van der Waals surface area contributed by atoms with Crippen molar-refractivity contribution in [2.75, 3.05) is 6.54 Å². The maximum atomic E-state index is 3.71. The van der Waals surface area contributed by atoms with Crippen molar-refractivity contribution in [3.05, 3.63) is 34.4 Å². The van der Waals surface area contributed by atoms with E-state index < -0.39 is 0 Å². The van der Waals surface area contributed by atoms with Crippen molar-refractivity contribution in [2.45, 2.75) is 60.9 Å². The summed E-state index contributed by atoms with van der Waals surface area (Å²) in [5, 5.41) is 3.71. The lowest BCUT2D eigenvalue weighted by Crippen LogP contribution is -2.33. The van der Waals surface area contributed by atoms with Crippen molar-refractivity contribution in [2.24, 2.45) is 5.41 Å². The van der Waals surface area contributed by atoms with Crippen molar-refractivity contribution in [1.82, 2.24) is 5.32 Å². The van der Waals surface area contributed by atoms with Gasteiger partial charge in [0.15, 0.2) is 0 Å². The fourth-order valence-electron chi connectivity index (χ4n) is 2.47. The number of benzene rings is 1. The van der Waals surface area contributed by atoms with Crippen LogP contribution in [0.1, 0.15) is 62.4 Å². The van der Waals surface area contributed by atoms with Gasteiger partial charge < -0.3 is 5.32 Å². The van der Waals surface area contributed by atoms with Crippen molar-refractivity contribution >= 4 is 0 Å². The van der Waals surface area contributed by atoms with Gasteiger partial charge in [0, 0.05) is 6.04 Å². The van der Waals surface area contributed by atoms with E-state index in [1.54, 1.807) is 0 Å². The molecule has 0 heterocycles. The van der Waals surface area contributed by atoms with Crippen LogP contribution in [0, 0.1) is 26.2 Å². The summed E-state index contributed by atoms with van der Waals surface area (Å²) in [6.07, 6.45) is 1.18. The standard InChI is InChI=1S/C17H29N/c1-8-9-18-16(17(5,6)7)15-11-13(3)12(2)10-14(15)4/h10-11,16,18H,8-9H2,1-7H3. The second-order valence-corrected chi connectivity index (χ2v) is 6.55. The summed E-state index contributed by atoms with van der Waals surface area (Å²) >= 11 is 0. The molecule has 0 aliphatic heterocycles. The monoisotopic (exact) mass is 247 g/mol. The maximum absolute atomic E-state index is 3.71. The smallest absolute Gasteiger partial charge is 0.0371 e. The van der Waals surface area contributed by atoms with Gasteiger partial charge >= 0.3 is 0 Å². The largest absolute Gasteiger partial charge is 0.309 e. The van der Waals surface area contributed by atoms with E-state index in [0.717, 1.165) is 6.54 Å². The highest BCUT2D eigenvalue weighted by atomic mass is 14.9. The Kier molecular flexibility index (Phi) is 4.98. The fraction of sp³-hybridized carbons (Fsp3) is 0.647. The lowest BCUT2D eigenvalue weighted by molar-refractivity contribution is 0.272. The van der Waals surface area contributed by atoms with Gasteiger partial charge in [-0.15, -0.1) is 0 Å². The topological polar surface area (TPSA) is 12.0 Å². The van der Waals surface area contributed by atoms with Crippen LogP contribution in [0.15, 0.2) is 12.1 Å². The zero-order valence-corrected chi connectivity index (χ0v) is 13.1. The molecular formula is C17H29N. The molecule has 1 heteroatoms. The summed E-state index contributed by atoms with van der Waals surface area (Å²) in [5.74, 6) is 0. The quantitative estimate of drug-likeness (QED) is 0.813. The maximum Gasteiger partial charge on any atom is 0.0371 e. The van der Waals surface area contributed by atoms with E-state index in [2.05, 4.69) is 65.9 Å². The molecule has 1 unspecified atom stereocenters. The Morgan fingerprint density at radius 2 is 1.56 bits per heavy atom. The third-order valence-corrected chi connectivity index (χ3v) is 3.66. The minimum atomic E-state index is 0.238. The van der Waals surface area contributed by atoms with Gasteiger partial charge in [0.25, 0.3) is 0 Å². The van der Waals surface area contributed by atoms with Gasteiger partial charge in [-0.1, -0.05) is 39.8 Å². The number of hydrogen-bond acceptors (Lipinski definition) is 1. The van der Waals surface area contributed by atoms with Crippen molar-refractivity contribution < 1.29 is 0 Å². The van der Waals surface area contributed by atoms with Crippen LogP contribution in [0.2, 0.25) is 0 Å². The van der Waals surface area contributed by atoms with Gasteiger partial charge in [-0.2, -0.15) is 0 Å². The van der Waals surface area contributed by atoms with E-state index >= 15 is 0 Å². The number of hydrogen-bond donors (Lipinski definition) is 1. The van der Waals surface area contributed by atoms with E-state index in [4.69, 9.17) is 0 Å². The van der Waals surface area contributed by atoms with E-state index in [0.29, 0.717) is 6.04 Å². The minimum absolute atomic E-state index is 0.238. The molecule has 1 atom stereocenters. The number of nitrogens with one attached hydrogen (secondary N) is 1. The van der Waals surface area contributed by atoms with Gasteiger partial charge in [0.1, 0.15) is 0 Å². The van der Waals surface area contributed by atoms with Crippen LogP contribution in [0.5, 0.6) is 0 Å². The third kappa shape index (κ3) is 3.58. The van der Waals surface area contributed by atoms with Crippen LogP contribution in [0.4, 0.5) is 0 Å². The Labute approximate surface area is 113 Å². The Morgan fingerprint density at radius 3 is 2.06 bits per heavy atom. The van der Waals surface area contributed by atoms with Gasteiger partial charge in [0.2, 0.25) is 0 Å². The molecule has 0 fully saturated rings. The highest BCUT2D eigenvalue weighted by Crippen LogP contribution is 2.35. The lowest BCUT2D eigenvalue weighted by atomic mass is 9.80. The average molecular weight is 247 g/mol. The van der Waals surface area contributed by atoms with Crippen LogP contribution < -0.4 is 5.32 Å². The molecule has 0 aliphatic carbocycles. The molecule has 1 nitrogen and oxygen atoms in total. The molecule has 0 aliphatic rings. The molecule has 0 aromatic heterocycles. The molecule has 102 valence electrons. The second-order valence-electron chi connectivity index (χ2n) is 6.55. The van der Waals surface area contributed by atoms with Crippen LogP contribution >= 0.6 is 0 Å². The van der Waals surface area contributed by atoms with Crippen LogP contribution in [0.25, 0.3) is 0 Å². The molecule has 0 spiro atoms. The molecule has 1 aromatic carbocycles. The fourth-order valence-corrected chi connectivity index (χ4v) is 2.47. The first-order valence-corrected chi connectivity index (χ1v) is 7.08. The van der Waals surface area contributed by atoms with Gasteiger partial charge in [-0.25, -0.2) is 0 Å². The van der Waals surface area contributed by atoms with Crippen molar-refractivity contribution in [1.29, 1.82) is 0 Å². The molecule has 18 heavy (non-hydrogen) atoms. The van der Waals surface area contributed by atoms with E-state index in [9.17, 15) is 0 Å². The van der Waals surface area contributed by atoms with Crippen molar-refractivity contribution in [3.8, 4) is 0 Å². The molecular weight excluding hydrogens is 218 g/mol. The van der Waals surface area contributed by atoms with Crippen LogP contribution in [-0.2, 0) is 0 Å². The Bertz CT molecular complexity index is 399. The predicted octanol–water partition coefficient (Wildman–Crippen LogP) is 4.70. The van der Waals surface area contributed by atoms with Gasteiger partial charge in [0.05, 0.1) is 0 Å². The highest BCUT2D eigenvalue weighted by Gasteiger charge is 2.26. The molecule has 0 radical (unpaired) electrons. The molecule has 0 bridgehead atoms. The number of aryl methyl sites for hydroxylation is 3. The average Bonchev–Trinajstić information content (AvgIpc) is 2.24. The Morgan fingerprint density at radius 1 is 1.00 bits per heavy atom. The molecule has 1 aromatic rings. The molecule has 0 amide bonds. The first-order chi connectivity index (χ1) is 8.27. The second kappa shape index (κ2) is 5.88. The summed E-state index contributed by atoms with van der Waals surface area (Å²) in [6, 6.07) is 5.11. The van der Waals surface area contributed by atoms with E-state index in [1.807, 2.05) is 0 Å². The summed E-state index contributed by atoms with van der Waals surface area (Å²) < 4.78 is 0. The first-order valence-electron chi connectivity index (χ1n) is 7.08. The normalized spacial score (nSPS) is 13.7. The zero-order valence-electron chi connectivity index (χ0n) is 13.1. The summed E-state index contributed by atoms with van der Waals surface area (Å²) in [7, 11) is 0. The highest BCUT2D eigenvalue weighted by molar-refractivity contribution is 5.38. The van der Waals surface area contributed by atoms with Crippen LogP contribution in [0.3, 0.4) is 0 Å². The molecule has 0 saturated heterocycles. The van der Waals surface area contributed by atoms with Crippen molar-refractivity contribution in [3.63, 3.8) is 0 Å². The predicted molar refractivity (Wildman–Crippen MR) is 81.1 cm³/mol. The zero-order chi connectivity index (χ0) is 13.9. The SMILES string of the molecule is CCCNC(c1cc(C)c(C)cc1C)C(C)(C)C. The first kappa shape index (κ1) is 15.2.